The summed E-state index contributed by atoms with van der Waals surface area (Å²) in [5.74, 6) is 0. The van der Waals surface area contributed by atoms with E-state index in [1.807, 2.05) is 0 Å². The molecule has 0 aromatic heterocycles. The van der Waals surface area contributed by atoms with Gasteiger partial charge in [0.15, 0.2) is 0 Å². The Bertz CT molecular complexity index is 202. The van der Waals surface area contributed by atoms with Crippen molar-refractivity contribution in [1.29, 1.82) is 0 Å². The Labute approximate surface area is 115 Å². The van der Waals surface area contributed by atoms with Gasteiger partial charge in [-0.3, -0.25) is 0 Å². The van der Waals surface area contributed by atoms with Gasteiger partial charge in [0.1, 0.15) is 0 Å². The van der Waals surface area contributed by atoms with Crippen LogP contribution in [0.15, 0.2) is 12.3 Å². The van der Waals surface area contributed by atoms with Gasteiger partial charge in [-0.1, -0.05) is 47.2 Å². The van der Waals surface area contributed by atoms with E-state index in [-0.39, 0.29) is 0 Å². The summed E-state index contributed by atoms with van der Waals surface area (Å²) in [6.45, 7) is 17.4. The average molecular weight is 272 g/mol. The molecule has 3 nitrogen and oxygen atoms in total. The Balaban J connectivity index is 4.87. The second kappa shape index (κ2) is 8.86. The molecule has 0 saturated heterocycles. The molecule has 0 aliphatic carbocycles. The normalized spacial score (nSPS) is 19.9. The lowest BCUT2D eigenvalue weighted by atomic mass is 10.3. The van der Waals surface area contributed by atoms with Crippen LogP contribution in [-0.4, -0.2) is 26.7 Å². The minimum atomic E-state index is -2.01. The lowest BCUT2D eigenvalue weighted by molar-refractivity contribution is 0.544. The summed E-state index contributed by atoms with van der Waals surface area (Å²) in [4.78, 5) is 11.3. The molecule has 0 aromatic rings. The van der Waals surface area contributed by atoms with Gasteiger partial charge in [0.05, 0.1) is 0 Å². The summed E-state index contributed by atoms with van der Waals surface area (Å²) in [5.41, 5.74) is 2.09. The summed E-state index contributed by atoms with van der Waals surface area (Å²) < 4.78 is 0. The monoisotopic (exact) mass is 271 g/mol. The van der Waals surface area contributed by atoms with Gasteiger partial charge in [0.25, 0.3) is 0 Å². The van der Waals surface area contributed by atoms with Crippen LogP contribution >= 0.6 is 0 Å². The summed E-state index contributed by atoms with van der Waals surface area (Å²) in [6.07, 6.45) is 3.40. The second-order valence-corrected chi connectivity index (χ2v) is 8.26. The van der Waals surface area contributed by atoms with Gasteiger partial charge in [-0.2, -0.15) is 0 Å². The topological polar surface area (TPSA) is 36.1 Å². The van der Waals surface area contributed by atoms with Crippen LogP contribution in [0, 0.1) is 0 Å². The van der Waals surface area contributed by atoms with Crippen molar-refractivity contribution in [2.24, 2.45) is 0 Å². The third kappa shape index (κ3) is 6.14. The first-order valence-corrected chi connectivity index (χ1v) is 9.47. The largest absolute Gasteiger partial charge is 0.308 e. The van der Waals surface area contributed by atoms with Crippen LogP contribution in [0.25, 0.3) is 0 Å². The van der Waals surface area contributed by atoms with E-state index in [1.54, 1.807) is 0 Å². The molecule has 0 rings (SSSR count). The molecule has 3 atom stereocenters. The molecule has 0 heterocycles. The minimum Gasteiger partial charge on any atom is -0.308 e. The SMILES string of the molecule is C=C[Si](NC(C)CC)(NC(C)CC)NC(C)CC. The quantitative estimate of drug-likeness (QED) is 0.535. The van der Waals surface area contributed by atoms with Gasteiger partial charge in [-0.15, -0.1) is 6.58 Å². The third-order valence-electron chi connectivity index (χ3n) is 3.57. The third-order valence-corrected chi connectivity index (χ3v) is 7.02. The molecule has 18 heavy (non-hydrogen) atoms. The fraction of sp³-hybridized carbons (Fsp3) is 0.857. The van der Waals surface area contributed by atoms with Gasteiger partial charge >= 0.3 is 8.56 Å². The molecule has 0 aliphatic heterocycles. The van der Waals surface area contributed by atoms with Gasteiger partial charge in [0, 0.05) is 0 Å². The van der Waals surface area contributed by atoms with Crippen molar-refractivity contribution in [1.82, 2.24) is 14.9 Å². The van der Waals surface area contributed by atoms with Crippen LogP contribution in [0.4, 0.5) is 0 Å². The molecule has 108 valence electrons. The van der Waals surface area contributed by atoms with Crippen molar-refractivity contribution in [3.05, 3.63) is 12.3 Å². The summed E-state index contributed by atoms with van der Waals surface area (Å²) >= 11 is 0. The van der Waals surface area contributed by atoms with Crippen molar-refractivity contribution < 1.29 is 0 Å². The molecule has 0 aromatic carbocycles. The highest BCUT2D eigenvalue weighted by Crippen LogP contribution is 2.04. The van der Waals surface area contributed by atoms with E-state index in [1.165, 1.54) is 0 Å². The lowest BCUT2D eigenvalue weighted by Crippen LogP contribution is -2.75. The Morgan fingerprint density at radius 2 is 1.11 bits per heavy atom. The first kappa shape index (κ1) is 17.8. The van der Waals surface area contributed by atoms with Crippen molar-refractivity contribution in [3.8, 4) is 0 Å². The Morgan fingerprint density at radius 3 is 1.28 bits per heavy atom. The number of hydrogen-bond acceptors (Lipinski definition) is 3. The molecular formula is C14H33N3Si. The molecule has 0 spiro atoms. The molecule has 0 bridgehead atoms. The van der Waals surface area contributed by atoms with E-state index in [2.05, 4.69) is 68.8 Å². The molecule has 4 heteroatoms. The fourth-order valence-corrected chi connectivity index (χ4v) is 5.32. The molecule has 0 saturated carbocycles. The van der Waals surface area contributed by atoms with E-state index in [4.69, 9.17) is 0 Å². The Kier molecular flexibility index (Phi) is 8.78. The Hall–Kier alpha value is -0.163. The average Bonchev–Trinajstić information content (AvgIpc) is 2.37. The molecule has 3 unspecified atom stereocenters. The predicted molar refractivity (Wildman–Crippen MR) is 84.6 cm³/mol. The molecule has 0 amide bonds. The summed E-state index contributed by atoms with van der Waals surface area (Å²) in [7, 11) is -2.01. The molecule has 3 N–H and O–H groups in total. The first-order chi connectivity index (χ1) is 8.42. The van der Waals surface area contributed by atoms with Gasteiger partial charge in [0.2, 0.25) is 0 Å². The van der Waals surface area contributed by atoms with Crippen molar-refractivity contribution in [2.45, 2.75) is 78.9 Å². The van der Waals surface area contributed by atoms with Crippen molar-refractivity contribution in [2.75, 3.05) is 0 Å². The van der Waals surface area contributed by atoms with Crippen LogP contribution in [-0.2, 0) is 0 Å². The number of hydrogen-bond donors (Lipinski definition) is 3. The minimum absolute atomic E-state index is 0.503. The van der Waals surface area contributed by atoms with Crippen molar-refractivity contribution in [3.63, 3.8) is 0 Å². The maximum absolute atomic E-state index is 4.07. The summed E-state index contributed by atoms with van der Waals surface area (Å²) in [5, 5.41) is 0. The van der Waals surface area contributed by atoms with Crippen LogP contribution < -0.4 is 14.9 Å². The van der Waals surface area contributed by atoms with E-state index >= 15 is 0 Å². The standard InChI is InChI=1S/C14H33N3Si/c1-8-12(5)15-18(11-4,16-13(6)9-2)17-14(7)10-3/h11-17H,4,8-10H2,1-3,5-7H3. The van der Waals surface area contributed by atoms with E-state index < -0.39 is 8.56 Å². The highest BCUT2D eigenvalue weighted by atomic mass is 28.4. The van der Waals surface area contributed by atoms with Gasteiger partial charge < -0.3 is 14.9 Å². The highest BCUT2D eigenvalue weighted by Gasteiger charge is 2.34. The van der Waals surface area contributed by atoms with Gasteiger partial charge in [-0.05, 0) is 37.4 Å². The predicted octanol–water partition coefficient (Wildman–Crippen LogP) is 2.81. The van der Waals surface area contributed by atoms with Crippen molar-refractivity contribution >= 4 is 8.56 Å². The van der Waals surface area contributed by atoms with E-state index in [9.17, 15) is 0 Å². The zero-order valence-corrected chi connectivity index (χ0v) is 14.1. The number of nitrogens with one attached hydrogen (secondary N) is 3. The highest BCUT2D eigenvalue weighted by molar-refractivity contribution is 6.77. The summed E-state index contributed by atoms with van der Waals surface area (Å²) in [6, 6.07) is 1.51. The lowest BCUT2D eigenvalue weighted by Gasteiger charge is -2.37. The number of rotatable bonds is 10. The van der Waals surface area contributed by atoms with Crippen LogP contribution in [0.2, 0.25) is 0 Å². The zero-order valence-electron chi connectivity index (χ0n) is 13.1. The molecular weight excluding hydrogens is 238 g/mol. The van der Waals surface area contributed by atoms with Crippen LogP contribution in [0.5, 0.6) is 0 Å². The first-order valence-electron chi connectivity index (χ1n) is 7.39. The molecule has 0 radical (unpaired) electrons. The van der Waals surface area contributed by atoms with Gasteiger partial charge in [-0.25, -0.2) is 0 Å². The molecule has 0 fully saturated rings. The Morgan fingerprint density at radius 1 is 0.833 bits per heavy atom. The maximum atomic E-state index is 4.07. The fourth-order valence-electron chi connectivity index (χ4n) is 1.77. The second-order valence-electron chi connectivity index (χ2n) is 5.37. The maximum Gasteiger partial charge on any atom is 0.307 e. The zero-order chi connectivity index (χ0) is 14.2. The van der Waals surface area contributed by atoms with Crippen LogP contribution in [0.1, 0.15) is 60.8 Å². The van der Waals surface area contributed by atoms with E-state index in [0.717, 1.165) is 19.3 Å². The van der Waals surface area contributed by atoms with Crippen LogP contribution in [0.3, 0.4) is 0 Å². The molecule has 0 aliphatic rings. The van der Waals surface area contributed by atoms with E-state index in [0.29, 0.717) is 18.1 Å². The smallest absolute Gasteiger partial charge is 0.307 e.